The van der Waals surface area contributed by atoms with Gasteiger partial charge in [0.15, 0.2) is 0 Å². The van der Waals surface area contributed by atoms with E-state index in [0.717, 1.165) is 5.56 Å². The number of rotatable bonds is 5. The minimum absolute atomic E-state index is 0.0751. The maximum absolute atomic E-state index is 13.0. The van der Waals surface area contributed by atoms with Gasteiger partial charge in [0.1, 0.15) is 29.0 Å². The van der Waals surface area contributed by atoms with Crippen LogP contribution >= 0.6 is 0 Å². The summed E-state index contributed by atoms with van der Waals surface area (Å²) >= 11 is 0. The summed E-state index contributed by atoms with van der Waals surface area (Å²) in [4.78, 5) is 16.1. The van der Waals surface area contributed by atoms with Crippen molar-refractivity contribution in [2.24, 2.45) is 0 Å². The number of carbonyl (C=O) groups is 1. The molecule has 0 fully saturated rings. The first kappa shape index (κ1) is 17.1. The van der Waals surface area contributed by atoms with E-state index in [1.807, 2.05) is 12.1 Å². The second-order valence-electron chi connectivity index (χ2n) is 5.42. The maximum atomic E-state index is 13.0. The van der Waals surface area contributed by atoms with Crippen molar-refractivity contribution >= 4 is 12.0 Å². The number of nitrogens with one attached hydrogen (secondary N) is 1. The van der Waals surface area contributed by atoms with E-state index in [9.17, 15) is 14.4 Å². The van der Waals surface area contributed by atoms with Crippen LogP contribution in [0.2, 0.25) is 0 Å². The summed E-state index contributed by atoms with van der Waals surface area (Å²) in [7, 11) is 0. The molecule has 0 bridgehead atoms. The molecular formula is C20H14FN3O2. The number of hydrogen-bond donors (Lipinski definition) is 1. The highest BCUT2D eigenvalue weighted by molar-refractivity contribution is 6.01. The molecule has 0 aliphatic heterocycles. The van der Waals surface area contributed by atoms with Gasteiger partial charge in [-0.2, -0.15) is 5.26 Å². The fourth-order valence-corrected chi connectivity index (χ4v) is 2.27. The molecule has 128 valence electrons. The lowest BCUT2D eigenvalue weighted by molar-refractivity contribution is -0.117. The monoisotopic (exact) mass is 347 g/mol. The van der Waals surface area contributed by atoms with Crippen molar-refractivity contribution in [1.82, 2.24) is 10.3 Å². The summed E-state index contributed by atoms with van der Waals surface area (Å²) in [6, 6.07) is 14.6. The van der Waals surface area contributed by atoms with Crippen LogP contribution in [-0.2, 0) is 11.3 Å². The van der Waals surface area contributed by atoms with Gasteiger partial charge in [-0.3, -0.25) is 9.78 Å². The highest BCUT2D eigenvalue weighted by Crippen LogP contribution is 2.23. The molecule has 5 nitrogen and oxygen atoms in total. The average molecular weight is 347 g/mol. The third-order valence-corrected chi connectivity index (χ3v) is 3.58. The zero-order valence-corrected chi connectivity index (χ0v) is 13.6. The summed E-state index contributed by atoms with van der Waals surface area (Å²) in [6.07, 6.45) is 4.64. The highest BCUT2D eigenvalue weighted by atomic mass is 19.1. The van der Waals surface area contributed by atoms with Crippen molar-refractivity contribution in [2.45, 2.75) is 6.54 Å². The average Bonchev–Trinajstić information content (AvgIpc) is 3.14. The molecule has 2 aromatic heterocycles. The quantitative estimate of drug-likeness (QED) is 0.564. The van der Waals surface area contributed by atoms with Gasteiger partial charge in [-0.25, -0.2) is 4.39 Å². The Morgan fingerprint density at radius 1 is 1.23 bits per heavy atom. The van der Waals surface area contributed by atoms with Gasteiger partial charge in [0, 0.05) is 30.6 Å². The first-order valence-electron chi connectivity index (χ1n) is 7.80. The van der Waals surface area contributed by atoms with Crippen LogP contribution in [-0.4, -0.2) is 10.9 Å². The molecule has 6 heteroatoms. The Morgan fingerprint density at radius 2 is 2.04 bits per heavy atom. The van der Waals surface area contributed by atoms with Crippen LogP contribution < -0.4 is 5.32 Å². The molecule has 0 spiro atoms. The van der Waals surface area contributed by atoms with Gasteiger partial charge in [0.2, 0.25) is 0 Å². The molecule has 3 rings (SSSR count). The lowest BCUT2D eigenvalue weighted by Gasteiger charge is -2.03. The van der Waals surface area contributed by atoms with Crippen LogP contribution in [0, 0.1) is 17.1 Å². The molecule has 0 unspecified atom stereocenters. The number of carbonyl (C=O) groups excluding carboxylic acids is 1. The number of pyridine rings is 1. The van der Waals surface area contributed by atoms with Crippen LogP contribution in [0.3, 0.4) is 0 Å². The molecule has 0 radical (unpaired) electrons. The zero-order valence-electron chi connectivity index (χ0n) is 13.6. The van der Waals surface area contributed by atoms with Crippen LogP contribution in [0.25, 0.3) is 17.4 Å². The maximum Gasteiger partial charge on any atom is 0.262 e. The normalized spacial score (nSPS) is 11.0. The van der Waals surface area contributed by atoms with Crippen molar-refractivity contribution in [3.63, 3.8) is 0 Å². The van der Waals surface area contributed by atoms with Gasteiger partial charge in [-0.1, -0.05) is 6.07 Å². The third-order valence-electron chi connectivity index (χ3n) is 3.58. The lowest BCUT2D eigenvalue weighted by atomic mass is 10.2. The first-order chi connectivity index (χ1) is 12.7. The van der Waals surface area contributed by atoms with Crippen molar-refractivity contribution in [3.8, 4) is 17.4 Å². The van der Waals surface area contributed by atoms with Gasteiger partial charge in [0.05, 0.1) is 0 Å². The number of halogens is 1. The molecule has 0 saturated carbocycles. The van der Waals surface area contributed by atoms with Crippen molar-refractivity contribution in [2.75, 3.05) is 0 Å². The number of hydrogen-bond acceptors (Lipinski definition) is 4. The fraction of sp³-hybridized carbons (Fsp3) is 0.0500. The van der Waals surface area contributed by atoms with Gasteiger partial charge >= 0.3 is 0 Å². The zero-order chi connectivity index (χ0) is 18.4. The van der Waals surface area contributed by atoms with Crippen LogP contribution in [0.5, 0.6) is 0 Å². The SMILES string of the molecule is N#C/C(=C\c1ccc(-c2ccc(F)cc2)o1)C(=O)NCc1cccnc1. The van der Waals surface area contributed by atoms with Gasteiger partial charge in [-0.15, -0.1) is 0 Å². The van der Waals surface area contributed by atoms with E-state index in [4.69, 9.17) is 4.42 Å². The predicted molar refractivity (Wildman–Crippen MR) is 93.8 cm³/mol. The molecule has 26 heavy (non-hydrogen) atoms. The molecule has 1 amide bonds. The fourth-order valence-electron chi connectivity index (χ4n) is 2.27. The van der Waals surface area contributed by atoms with Crippen LogP contribution in [0.1, 0.15) is 11.3 Å². The Balaban J connectivity index is 1.71. The van der Waals surface area contributed by atoms with Gasteiger partial charge in [0.25, 0.3) is 5.91 Å². The second-order valence-corrected chi connectivity index (χ2v) is 5.42. The molecule has 0 aliphatic rings. The topological polar surface area (TPSA) is 78.9 Å². The summed E-state index contributed by atoms with van der Waals surface area (Å²) in [6.45, 7) is 0.269. The Bertz CT molecular complexity index is 970. The Labute approximate surface area is 149 Å². The Kier molecular flexibility index (Phi) is 5.20. The first-order valence-corrected chi connectivity index (χ1v) is 7.80. The largest absolute Gasteiger partial charge is 0.457 e. The molecule has 2 heterocycles. The standard InChI is InChI=1S/C20H14FN3O2/c21-17-5-3-15(4-6-17)19-8-7-18(26-19)10-16(11-22)20(25)24-13-14-2-1-9-23-12-14/h1-10,12H,13H2,(H,24,25)/b16-10+. The van der Waals surface area contributed by atoms with Crippen molar-refractivity contribution in [3.05, 3.63) is 83.6 Å². The summed E-state index contributed by atoms with van der Waals surface area (Å²) < 4.78 is 18.6. The predicted octanol–water partition coefficient (Wildman–Crippen LogP) is 3.70. The second kappa shape index (κ2) is 7.90. The van der Waals surface area contributed by atoms with E-state index >= 15 is 0 Å². The summed E-state index contributed by atoms with van der Waals surface area (Å²) in [5.74, 6) is 0.0373. The Hall–Kier alpha value is -3.72. The number of nitrogens with zero attached hydrogens (tertiary/aromatic N) is 2. The van der Waals surface area contributed by atoms with Crippen LogP contribution in [0.15, 0.2) is 70.9 Å². The molecule has 0 atom stereocenters. The van der Waals surface area contributed by atoms with Crippen molar-refractivity contribution < 1.29 is 13.6 Å². The third kappa shape index (κ3) is 4.22. The molecule has 0 aliphatic carbocycles. The number of amides is 1. The summed E-state index contributed by atoms with van der Waals surface area (Å²) in [5.41, 5.74) is 1.45. The van der Waals surface area contributed by atoms with Crippen molar-refractivity contribution in [1.29, 1.82) is 5.26 Å². The van der Waals surface area contributed by atoms with E-state index in [-0.39, 0.29) is 17.9 Å². The molecular weight excluding hydrogens is 333 g/mol. The molecule has 0 saturated heterocycles. The van der Waals surface area contributed by atoms with Gasteiger partial charge < -0.3 is 9.73 Å². The lowest BCUT2D eigenvalue weighted by Crippen LogP contribution is -2.23. The van der Waals surface area contributed by atoms with Crippen LogP contribution in [0.4, 0.5) is 4.39 Å². The number of benzene rings is 1. The van der Waals surface area contributed by atoms with Gasteiger partial charge in [-0.05, 0) is 48.0 Å². The van der Waals surface area contributed by atoms with E-state index in [1.54, 1.807) is 42.7 Å². The minimum Gasteiger partial charge on any atom is -0.457 e. The number of aromatic nitrogens is 1. The van der Waals surface area contributed by atoms with E-state index in [1.165, 1.54) is 18.2 Å². The molecule has 1 aromatic carbocycles. The number of nitriles is 1. The summed E-state index contributed by atoms with van der Waals surface area (Å²) in [5, 5.41) is 11.9. The Morgan fingerprint density at radius 3 is 2.73 bits per heavy atom. The van der Waals surface area contributed by atoms with E-state index in [2.05, 4.69) is 10.3 Å². The number of furan rings is 1. The smallest absolute Gasteiger partial charge is 0.262 e. The van der Waals surface area contributed by atoms with E-state index in [0.29, 0.717) is 17.1 Å². The van der Waals surface area contributed by atoms with E-state index < -0.39 is 5.91 Å². The molecule has 1 N–H and O–H groups in total. The minimum atomic E-state index is -0.504. The molecule has 3 aromatic rings. The highest BCUT2D eigenvalue weighted by Gasteiger charge is 2.11.